The fraction of sp³-hybridized carbons (Fsp3) is 0.375. The number of Topliss-reactive ketones (excluding diaryl/α,β-unsaturated/α-hetero) is 1. The third-order valence-corrected chi connectivity index (χ3v) is 3.17. The zero-order valence-electron chi connectivity index (χ0n) is 13.4. The normalized spacial score (nSPS) is 11.6. The van der Waals surface area contributed by atoms with Crippen LogP contribution in [-0.4, -0.2) is 37.2 Å². The van der Waals surface area contributed by atoms with E-state index in [1.54, 1.807) is 0 Å². The van der Waals surface area contributed by atoms with Crippen molar-refractivity contribution < 1.29 is 41.8 Å². The standard InChI is InChI=1S/C16H15F3O6/c1-15(2,13(22)24-8-7-20)14(23)25-9-12(21)10-3-5-11(6-4-10)16(17,18)19/h3-7H,8-9H2,1-2H3. The van der Waals surface area contributed by atoms with Crippen molar-refractivity contribution in [3.63, 3.8) is 0 Å². The molecule has 0 saturated carbocycles. The monoisotopic (exact) mass is 360 g/mol. The average Bonchev–Trinajstić information content (AvgIpc) is 2.56. The van der Waals surface area contributed by atoms with Gasteiger partial charge in [-0.3, -0.25) is 19.2 Å². The molecule has 0 spiro atoms. The van der Waals surface area contributed by atoms with Gasteiger partial charge in [-0.2, -0.15) is 13.2 Å². The summed E-state index contributed by atoms with van der Waals surface area (Å²) in [5.74, 6) is -2.81. The van der Waals surface area contributed by atoms with Crippen LogP contribution in [0.1, 0.15) is 29.8 Å². The van der Waals surface area contributed by atoms with Crippen LogP contribution in [-0.2, 0) is 30.0 Å². The quantitative estimate of drug-likeness (QED) is 0.321. The predicted molar refractivity (Wildman–Crippen MR) is 77.5 cm³/mol. The number of halogens is 3. The Morgan fingerprint density at radius 3 is 2.00 bits per heavy atom. The van der Waals surface area contributed by atoms with Crippen LogP contribution in [0.5, 0.6) is 0 Å². The molecule has 9 heteroatoms. The van der Waals surface area contributed by atoms with Gasteiger partial charge in [-0.05, 0) is 26.0 Å². The number of aldehydes is 1. The molecule has 0 atom stereocenters. The second-order valence-electron chi connectivity index (χ2n) is 5.46. The van der Waals surface area contributed by atoms with Gasteiger partial charge in [0.05, 0.1) is 5.56 Å². The van der Waals surface area contributed by atoms with Gasteiger partial charge in [0.25, 0.3) is 0 Å². The molecule has 0 saturated heterocycles. The number of ketones is 1. The molecule has 0 aliphatic rings. The Morgan fingerprint density at radius 1 is 1.00 bits per heavy atom. The minimum Gasteiger partial charge on any atom is -0.457 e. The molecule has 0 N–H and O–H groups in total. The Morgan fingerprint density at radius 2 is 1.52 bits per heavy atom. The van der Waals surface area contributed by atoms with Gasteiger partial charge in [-0.15, -0.1) is 0 Å². The number of alkyl halides is 3. The third kappa shape index (κ3) is 5.40. The Kier molecular flexibility index (Phi) is 6.43. The molecule has 0 unspecified atom stereocenters. The number of hydrogen-bond acceptors (Lipinski definition) is 6. The molecule has 136 valence electrons. The lowest BCUT2D eigenvalue weighted by atomic mass is 9.94. The lowest BCUT2D eigenvalue weighted by Crippen LogP contribution is -2.37. The summed E-state index contributed by atoms with van der Waals surface area (Å²) < 4.78 is 46.6. The largest absolute Gasteiger partial charge is 0.457 e. The summed E-state index contributed by atoms with van der Waals surface area (Å²) in [4.78, 5) is 45.5. The molecule has 0 heterocycles. The van der Waals surface area contributed by atoms with Crippen LogP contribution in [0.25, 0.3) is 0 Å². The summed E-state index contributed by atoms with van der Waals surface area (Å²) in [7, 11) is 0. The molecule has 1 aromatic rings. The van der Waals surface area contributed by atoms with Gasteiger partial charge in [-0.1, -0.05) is 12.1 Å². The van der Waals surface area contributed by atoms with E-state index in [4.69, 9.17) is 4.74 Å². The lowest BCUT2D eigenvalue weighted by molar-refractivity contribution is -0.169. The van der Waals surface area contributed by atoms with Crippen LogP contribution in [0.4, 0.5) is 13.2 Å². The lowest BCUT2D eigenvalue weighted by Gasteiger charge is -2.19. The first kappa shape index (κ1) is 20.3. The highest BCUT2D eigenvalue weighted by molar-refractivity contribution is 6.02. The molecule has 0 amide bonds. The second kappa shape index (κ2) is 7.91. The maximum atomic E-state index is 12.5. The van der Waals surface area contributed by atoms with E-state index >= 15 is 0 Å². The number of carbonyl (C=O) groups is 4. The summed E-state index contributed by atoms with van der Waals surface area (Å²) in [6, 6.07) is 3.39. The molecular weight excluding hydrogens is 345 g/mol. The molecule has 25 heavy (non-hydrogen) atoms. The Bertz CT molecular complexity index is 661. The minimum atomic E-state index is -4.53. The third-order valence-electron chi connectivity index (χ3n) is 3.17. The first-order valence-corrected chi connectivity index (χ1v) is 6.98. The highest BCUT2D eigenvalue weighted by Crippen LogP contribution is 2.29. The summed E-state index contributed by atoms with van der Waals surface area (Å²) in [5, 5.41) is 0. The smallest absolute Gasteiger partial charge is 0.416 e. The molecule has 0 aromatic heterocycles. The highest BCUT2D eigenvalue weighted by atomic mass is 19.4. The summed E-state index contributed by atoms with van der Waals surface area (Å²) in [6.45, 7) is 1.09. The van der Waals surface area contributed by atoms with Crippen LogP contribution in [0.15, 0.2) is 24.3 Å². The number of hydrogen-bond donors (Lipinski definition) is 0. The highest BCUT2D eigenvalue weighted by Gasteiger charge is 2.39. The first-order valence-electron chi connectivity index (χ1n) is 6.98. The summed E-state index contributed by atoms with van der Waals surface area (Å²) in [5.41, 5.74) is -2.74. The van der Waals surface area contributed by atoms with Gasteiger partial charge in [-0.25, -0.2) is 0 Å². The fourth-order valence-corrected chi connectivity index (χ4v) is 1.61. The number of esters is 2. The van der Waals surface area contributed by atoms with E-state index in [2.05, 4.69) is 4.74 Å². The van der Waals surface area contributed by atoms with Crippen LogP contribution in [0.3, 0.4) is 0 Å². The Hall–Kier alpha value is -2.71. The molecule has 0 fully saturated rings. The van der Waals surface area contributed by atoms with Gasteiger partial charge in [0.15, 0.2) is 24.1 Å². The maximum Gasteiger partial charge on any atom is 0.416 e. The number of carbonyl (C=O) groups excluding carboxylic acids is 4. The fourth-order valence-electron chi connectivity index (χ4n) is 1.61. The van der Waals surface area contributed by atoms with Crippen LogP contribution in [0.2, 0.25) is 0 Å². The van der Waals surface area contributed by atoms with E-state index in [1.807, 2.05) is 0 Å². The molecule has 0 bridgehead atoms. The van der Waals surface area contributed by atoms with Gasteiger partial charge in [0, 0.05) is 5.56 Å². The zero-order valence-corrected chi connectivity index (χ0v) is 13.4. The molecule has 1 aromatic carbocycles. The molecule has 1 rings (SSSR count). The van der Waals surface area contributed by atoms with E-state index in [0.29, 0.717) is 6.29 Å². The van der Waals surface area contributed by atoms with Crippen molar-refractivity contribution in [2.75, 3.05) is 13.2 Å². The molecule has 0 aliphatic carbocycles. The van der Waals surface area contributed by atoms with E-state index in [1.165, 1.54) is 13.8 Å². The number of rotatable bonds is 7. The second-order valence-corrected chi connectivity index (χ2v) is 5.46. The van der Waals surface area contributed by atoms with E-state index in [9.17, 15) is 32.3 Å². The van der Waals surface area contributed by atoms with Crippen molar-refractivity contribution in [3.05, 3.63) is 35.4 Å². The van der Waals surface area contributed by atoms with E-state index < -0.39 is 48.1 Å². The first-order chi connectivity index (χ1) is 11.5. The number of ether oxygens (including phenoxy) is 2. The SMILES string of the molecule is CC(C)(C(=O)OCC=O)C(=O)OCC(=O)c1ccc(C(F)(F)F)cc1. The van der Waals surface area contributed by atoms with Crippen LogP contribution in [0, 0.1) is 5.41 Å². The van der Waals surface area contributed by atoms with Crippen molar-refractivity contribution in [2.24, 2.45) is 5.41 Å². The minimum absolute atomic E-state index is 0.0814. The van der Waals surface area contributed by atoms with Crippen molar-refractivity contribution >= 4 is 24.0 Å². The zero-order chi connectivity index (χ0) is 19.3. The van der Waals surface area contributed by atoms with Gasteiger partial charge < -0.3 is 9.47 Å². The van der Waals surface area contributed by atoms with E-state index in [-0.39, 0.29) is 5.56 Å². The van der Waals surface area contributed by atoms with Crippen molar-refractivity contribution in [2.45, 2.75) is 20.0 Å². The average molecular weight is 360 g/mol. The molecule has 6 nitrogen and oxygen atoms in total. The maximum absolute atomic E-state index is 12.5. The van der Waals surface area contributed by atoms with Crippen LogP contribution >= 0.6 is 0 Å². The topological polar surface area (TPSA) is 86.7 Å². The number of benzene rings is 1. The Labute approximate surface area is 140 Å². The van der Waals surface area contributed by atoms with Crippen LogP contribution < -0.4 is 0 Å². The van der Waals surface area contributed by atoms with Crippen molar-refractivity contribution in [1.82, 2.24) is 0 Å². The van der Waals surface area contributed by atoms with Gasteiger partial charge >= 0.3 is 18.1 Å². The molecular formula is C16H15F3O6. The molecule has 0 radical (unpaired) electrons. The van der Waals surface area contributed by atoms with Crippen molar-refractivity contribution in [3.8, 4) is 0 Å². The van der Waals surface area contributed by atoms with E-state index in [0.717, 1.165) is 24.3 Å². The summed E-state index contributed by atoms with van der Waals surface area (Å²) in [6.07, 6.45) is -4.20. The van der Waals surface area contributed by atoms with Gasteiger partial charge in [0.1, 0.15) is 6.61 Å². The van der Waals surface area contributed by atoms with Gasteiger partial charge in [0.2, 0.25) is 0 Å². The molecule has 0 aliphatic heterocycles. The van der Waals surface area contributed by atoms with Crippen molar-refractivity contribution in [1.29, 1.82) is 0 Å². The Balaban J connectivity index is 2.67. The predicted octanol–water partition coefficient (Wildman–Crippen LogP) is 2.20. The summed E-state index contributed by atoms with van der Waals surface area (Å²) >= 11 is 0.